The van der Waals surface area contributed by atoms with Crippen LogP contribution in [0.3, 0.4) is 0 Å². The van der Waals surface area contributed by atoms with Crippen LogP contribution in [0.25, 0.3) is 10.2 Å². The number of nitrogens with one attached hydrogen (secondary N) is 1. The van der Waals surface area contributed by atoms with Crippen LogP contribution in [-0.2, 0) is 0 Å². The summed E-state index contributed by atoms with van der Waals surface area (Å²) in [5.74, 6) is -0.214. The van der Waals surface area contributed by atoms with E-state index < -0.39 is 0 Å². The zero-order chi connectivity index (χ0) is 11.1. The van der Waals surface area contributed by atoms with Crippen LogP contribution in [0.15, 0.2) is 18.2 Å². The molecule has 2 rings (SSSR count). The fourth-order valence-corrected chi connectivity index (χ4v) is 2.37. The van der Waals surface area contributed by atoms with Gasteiger partial charge in [0.05, 0.1) is 10.2 Å². The Labute approximate surface area is 92.1 Å². The van der Waals surface area contributed by atoms with Crippen LogP contribution in [0.5, 0.6) is 0 Å². The first-order valence-electron chi connectivity index (χ1n) is 4.78. The van der Waals surface area contributed by atoms with Crippen molar-refractivity contribution in [1.82, 2.24) is 4.98 Å². The molecular weight excluding hydrogens is 211 g/mol. The quantitative estimate of drug-likeness (QED) is 0.799. The molecule has 80 valence electrons. The first-order valence-corrected chi connectivity index (χ1v) is 5.60. The van der Waals surface area contributed by atoms with Crippen molar-refractivity contribution in [2.45, 2.75) is 26.3 Å². The number of hydrogen-bond donors (Lipinski definition) is 1. The Kier molecular flexibility index (Phi) is 2.38. The van der Waals surface area contributed by atoms with Gasteiger partial charge in [-0.2, -0.15) is 0 Å². The Bertz CT molecular complexity index is 485. The second kappa shape index (κ2) is 3.45. The Hall–Kier alpha value is -1.16. The number of nitrogens with zero attached hydrogens (tertiary/aromatic N) is 1. The molecule has 1 aromatic carbocycles. The van der Waals surface area contributed by atoms with Gasteiger partial charge in [0.25, 0.3) is 0 Å². The molecule has 0 radical (unpaired) electrons. The maximum absolute atomic E-state index is 12.9. The molecule has 0 aliphatic carbocycles. The van der Waals surface area contributed by atoms with Crippen molar-refractivity contribution in [2.24, 2.45) is 0 Å². The average molecular weight is 224 g/mol. The van der Waals surface area contributed by atoms with E-state index in [1.54, 1.807) is 6.07 Å². The Morgan fingerprint density at radius 1 is 1.33 bits per heavy atom. The summed E-state index contributed by atoms with van der Waals surface area (Å²) in [6.45, 7) is 6.21. The zero-order valence-corrected chi connectivity index (χ0v) is 9.78. The van der Waals surface area contributed by atoms with Crippen LogP contribution in [0.2, 0.25) is 0 Å². The molecule has 0 atom stereocenters. The highest BCUT2D eigenvalue weighted by Crippen LogP contribution is 2.28. The predicted octanol–water partition coefficient (Wildman–Crippen LogP) is 3.65. The Morgan fingerprint density at radius 3 is 2.73 bits per heavy atom. The molecule has 1 N–H and O–H groups in total. The van der Waals surface area contributed by atoms with Crippen molar-refractivity contribution in [1.29, 1.82) is 0 Å². The van der Waals surface area contributed by atoms with E-state index in [0.717, 1.165) is 15.3 Å². The summed E-state index contributed by atoms with van der Waals surface area (Å²) in [5.41, 5.74) is 0.819. The molecule has 1 aromatic heterocycles. The van der Waals surface area contributed by atoms with E-state index in [9.17, 15) is 4.39 Å². The van der Waals surface area contributed by atoms with E-state index in [1.807, 2.05) is 0 Å². The summed E-state index contributed by atoms with van der Waals surface area (Å²) in [4.78, 5) is 4.38. The number of halogens is 1. The van der Waals surface area contributed by atoms with Gasteiger partial charge in [0, 0.05) is 5.54 Å². The van der Waals surface area contributed by atoms with Crippen LogP contribution < -0.4 is 5.32 Å². The lowest BCUT2D eigenvalue weighted by Crippen LogP contribution is -2.25. The lowest BCUT2D eigenvalue weighted by atomic mass is 10.1. The third-order valence-electron chi connectivity index (χ3n) is 1.83. The Morgan fingerprint density at radius 2 is 2.07 bits per heavy atom. The molecule has 0 spiro atoms. The molecule has 0 amide bonds. The molecular formula is C11H13FN2S. The van der Waals surface area contributed by atoms with Crippen LogP contribution in [0, 0.1) is 5.82 Å². The second-order valence-corrected chi connectivity index (χ2v) is 5.54. The fourth-order valence-electron chi connectivity index (χ4n) is 1.27. The second-order valence-electron chi connectivity index (χ2n) is 4.51. The summed E-state index contributed by atoms with van der Waals surface area (Å²) in [6.07, 6.45) is 0. The minimum Gasteiger partial charge on any atom is -0.357 e. The standard InChI is InChI=1S/C11H13FN2S/c1-11(2,3)14-10-13-8-5-4-7(12)6-9(8)15-10/h4-6H,1-3H3,(H,13,14). The maximum atomic E-state index is 12.9. The lowest BCUT2D eigenvalue weighted by molar-refractivity contribution is 0.629. The number of benzene rings is 1. The SMILES string of the molecule is CC(C)(C)Nc1nc2ccc(F)cc2s1. The summed E-state index contributed by atoms with van der Waals surface area (Å²) in [5, 5.41) is 4.11. The van der Waals surface area contributed by atoms with Gasteiger partial charge in [-0.15, -0.1) is 0 Å². The van der Waals surface area contributed by atoms with Crippen LogP contribution in [-0.4, -0.2) is 10.5 Å². The molecule has 0 aliphatic heterocycles. The minimum absolute atomic E-state index is 0.0214. The molecule has 15 heavy (non-hydrogen) atoms. The molecule has 4 heteroatoms. The molecule has 1 heterocycles. The van der Waals surface area contributed by atoms with Gasteiger partial charge in [-0.3, -0.25) is 0 Å². The molecule has 0 unspecified atom stereocenters. The van der Waals surface area contributed by atoms with Gasteiger partial charge in [0.15, 0.2) is 5.13 Å². The monoisotopic (exact) mass is 224 g/mol. The van der Waals surface area contributed by atoms with E-state index in [0.29, 0.717) is 0 Å². The smallest absolute Gasteiger partial charge is 0.184 e. The van der Waals surface area contributed by atoms with E-state index in [2.05, 4.69) is 31.1 Å². The van der Waals surface area contributed by atoms with Gasteiger partial charge in [-0.25, -0.2) is 9.37 Å². The van der Waals surface area contributed by atoms with Crippen molar-refractivity contribution in [3.8, 4) is 0 Å². The molecule has 0 bridgehead atoms. The van der Waals surface area contributed by atoms with Crippen molar-refractivity contribution in [2.75, 3.05) is 5.32 Å². The van der Waals surface area contributed by atoms with Gasteiger partial charge in [0.1, 0.15) is 5.82 Å². The van der Waals surface area contributed by atoms with Gasteiger partial charge in [-0.05, 0) is 39.0 Å². The highest BCUT2D eigenvalue weighted by molar-refractivity contribution is 7.22. The summed E-state index contributed by atoms with van der Waals surface area (Å²) < 4.78 is 13.8. The average Bonchev–Trinajstić information content (AvgIpc) is 2.42. The minimum atomic E-state index is -0.214. The van der Waals surface area contributed by atoms with E-state index >= 15 is 0 Å². The fraction of sp³-hybridized carbons (Fsp3) is 0.364. The zero-order valence-electron chi connectivity index (χ0n) is 8.97. The number of aromatic nitrogens is 1. The summed E-state index contributed by atoms with van der Waals surface area (Å²) in [6, 6.07) is 4.65. The van der Waals surface area contributed by atoms with Gasteiger partial charge in [-0.1, -0.05) is 11.3 Å². The van der Waals surface area contributed by atoms with E-state index in [-0.39, 0.29) is 11.4 Å². The van der Waals surface area contributed by atoms with Crippen molar-refractivity contribution in [3.05, 3.63) is 24.0 Å². The number of anilines is 1. The van der Waals surface area contributed by atoms with Crippen molar-refractivity contribution >= 4 is 26.7 Å². The highest BCUT2D eigenvalue weighted by atomic mass is 32.1. The van der Waals surface area contributed by atoms with Crippen molar-refractivity contribution in [3.63, 3.8) is 0 Å². The molecule has 2 nitrogen and oxygen atoms in total. The number of fused-ring (bicyclic) bond motifs is 1. The number of thiazole rings is 1. The Balaban J connectivity index is 2.39. The molecule has 0 saturated carbocycles. The summed E-state index contributed by atoms with van der Waals surface area (Å²) in [7, 11) is 0. The van der Waals surface area contributed by atoms with Crippen LogP contribution in [0.4, 0.5) is 9.52 Å². The molecule has 0 aliphatic rings. The van der Waals surface area contributed by atoms with Gasteiger partial charge >= 0.3 is 0 Å². The number of rotatable bonds is 1. The molecule has 0 fully saturated rings. The maximum Gasteiger partial charge on any atom is 0.184 e. The normalized spacial score (nSPS) is 12.0. The third kappa shape index (κ3) is 2.45. The topological polar surface area (TPSA) is 24.9 Å². The van der Waals surface area contributed by atoms with Crippen molar-refractivity contribution < 1.29 is 4.39 Å². The van der Waals surface area contributed by atoms with E-state index in [1.165, 1.54) is 23.5 Å². The first kappa shape index (κ1) is 10.4. The number of hydrogen-bond acceptors (Lipinski definition) is 3. The third-order valence-corrected chi connectivity index (χ3v) is 2.77. The van der Waals surface area contributed by atoms with Crippen LogP contribution in [0.1, 0.15) is 20.8 Å². The lowest BCUT2D eigenvalue weighted by Gasteiger charge is -2.19. The molecule has 0 saturated heterocycles. The molecule has 2 aromatic rings. The largest absolute Gasteiger partial charge is 0.357 e. The van der Waals surface area contributed by atoms with Gasteiger partial charge < -0.3 is 5.32 Å². The van der Waals surface area contributed by atoms with Crippen LogP contribution >= 0.6 is 11.3 Å². The highest BCUT2D eigenvalue weighted by Gasteiger charge is 2.12. The van der Waals surface area contributed by atoms with E-state index in [4.69, 9.17) is 0 Å². The predicted molar refractivity (Wildman–Crippen MR) is 63.0 cm³/mol. The summed E-state index contributed by atoms with van der Waals surface area (Å²) >= 11 is 1.48. The van der Waals surface area contributed by atoms with Gasteiger partial charge in [0.2, 0.25) is 0 Å². The first-order chi connectivity index (χ1) is 6.94.